The summed E-state index contributed by atoms with van der Waals surface area (Å²) in [6.45, 7) is 4.31. The lowest BCUT2D eigenvalue weighted by molar-refractivity contribution is -0.118. The number of nitrogens with zero attached hydrogens (tertiary/aromatic N) is 3. The molecule has 180 valence electrons. The number of hydrogen-bond donors (Lipinski definition) is 3. The smallest absolute Gasteiger partial charge is 0.229 e. The molecule has 3 N–H and O–H groups in total. The summed E-state index contributed by atoms with van der Waals surface area (Å²) in [5, 5.41) is 9.03. The Morgan fingerprint density at radius 1 is 1.09 bits per heavy atom. The van der Waals surface area contributed by atoms with Crippen LogP contribution in [0.4, 0.5) is 17.5 Å². The first-order valence-corrected chi connectivity index (χ1v) is 14.2. The lowest BCUT2D eigenvalue weighted by Gasteiger charge is -2.11. The van der Waals surface area contributed by atoms with E-state index in [1.807, 2.05) is 37.4 Å². The second-order valence-corrected chi connectivity index (χ2v) is 12.0. The Morgan fingerprint density at radius 2 is 1.82 bits per heavy atom. The highest BCUT2D eigenvalue weighted by Gasteiger charge is 2.13. The van der Waals surface area contributed by atoms with Crippen LogP contribution < -0.4 is 16.0 Å². The van der Waals surface area contributed by atoms with Crippen LogP contribution in [-0.2, 0) is 14.6 Å². The van der Waals surface area contributed by atoms with Gasteiger partial charge >= 0.3 is 0 Å². The Bertz CT molecular complexity index is 1300. The summed E-state index contributed by atoms with van der Waals surface area (Å²) in [6.07, 6.45) is 5.03. The highest BCUT2D eigenvalue weighted by Crippen LogP contribution is 2.27. The summed E-state index contributed by atoms with van der Waals surface area (Å²) in [6, 6.07) is 10.7. The molecule has 0 spiro atoms. The third-order valence-corrected chi connectivity index (χ3v) is 9.05. The van der Waals surface area contributed by atoms with Crippen molar-refractivity contribution in [2.24, 2.45) is 0 Å². The van der Waals surface area contributed by atoms with Gasteiger partial charge in [-0.15, -0.1) is 10.5 Å². The molecule has 1 atom stereocenters. The molecule has 12 heteroatoms. The van der Waals surface area contributed by atoms with E-state index in [4.69, 9.17) is 0 Å². The van der Waals surface area contributed by atoms with Gasteiger partial charge in [0.1, 0.15) is 5.82 Å². The molecule has 9 nitrogen and oxygen atoms in total. The first kappa shape index (κ1) is 25.8. The normalized spacial score (nSPS) is 12.2. The number of anilines is 3. The Morgan fingerprint density at radius 3 is 2.47 bits per heavy atom. The van der Waals surface area contributed by atoms with Gasteiger partial charge in [-0.1, -0.05) is 6.07 Å². The highest BCUT2D eigenvalue weighted by molar-refractivity contribution is 9.10. The van der Waals surface area contributed by atoms with Gasteiger partial charge in [0.05, 0.1) is 9.17 Å². The fraction of sp³-hybridized carbons (Fsp3) is 0.227. The quantitative estimate of drug-likeness (QED) is 0.265. The Balaban J connectivity index is 1.68. The fourth-order valence-corrected chi connectivity index (χ4v) is 6.48. The third-order valence-electron chi connectivity index (χ3n) is 4.46. The van der Waals surface area contributed by atoms with Crippen LogP contribution in [0.1, 0.15) is 12.5 Å². The average Bonchev–Trinajstić information content (AvgIpc) is 2.79. The van der Waals surface area contributed by atoms with Crippen molar-refractivity contribution in [3.63, 3.8) is 0 Å². The topological polar surface area (TPSA) is 126 Å². The van der Waals surface area contributed by atoms with Gasteiger partial charge in [0.15, 0.2) is 5.03 Å². The van der Waals surface area contributed by atoms with Crippen molar-refractivity contribution in [2.45, 2.75) is 23.8 Å². The summed E-state index contributed by atoms with van der Waals surface area (Å²) in [5.74, 6) is 0.901. The zero-order valence-electron chi connectivity index (χ0n) is 18.9. The van der Waals surface area contributed by atoms with Gasteiger partial charge in [-0.2, -0.15) is 4.98 Å². The Kier molecular flexibility index (Phi) is 8.75. The number of rotatable bonds is 9. The van der Waals surface area contributed by atoms with E-state index in [0.717, 1.165) is 16.1 Å². The predicted molar refractivity (Wildman–Crippen MR) is 141 cm³/mol. The summed E-state index contributed by atoms with van der Waals surface area (Å²) < 4.78 is 27.3. The maximum absolute atomic E-state index is 12.7. The maximum Gasteiger partial charge on any atom is 0.229 e. The van der Waals surface area contributed by atoms with E-state index in [1.54, 1.807) is 18.5 Å². The van der Waals surface area contributed by atoms with Crippen molar-refractivity contribution in [2.75, 3.05) is 30.0 Å². The Hall–Kier alpha value is -2.83. The number of halogens is 1. The van der Waals surface area contributed by atoms with Gasteiger partial charge in [-0.25, -0.2) is 18.4 Å². The molecule has 0 saturated carbocycles. The molecule has 3 rings (SSSR count). The minimum absolute atomic E-state index is 0.0459. The van der Waals surface area contributed by atoms with E-state index >= 15 is 0 Å². The monoisotopic (exact) mass is 564 g/mol. The lowest BCUT2D eigenvalue weighted by Crippen LogP contribution is -2.26. The van der Waals surface area contributed by atoms with Gasteiger partial charge < -0.3 is 16.0 Å². The Labute approximate surface area is 209 Å². The van der Waals surface area contributed by atoms with E-state index in [1.165, 1.54) is 17.7 Å². The van der Waals surface area contributed by atoms with Crippen molar-refractivity contribution >= 4 is 64.3 Å². The number of aromatic nitrogens is 3. The van der Waals surface area contributed by atoms with Crippen LogP contribution in [0.3, 0.4) is 0 Å². The molecule has 0 fully saturated rings. The van der Waals surface area contributed by atoms with Crippen molar-refractivity contribution in [1.82, 2.24) is 20.3 Å². The molecule has 2 aromatic heterocycles. The number of sulfone groups is 1. The van der Waals surface area contributed by atoms with Gasteiger partial charge in [-0.05, 0) is 65.0 Å². The van der Waals surface area contributed by atoms with Crippen LogP contribution in [0.2, 0.25) is 0 Å². The van der Waals surface area contributed by atoms with Gasteiger partial charge in [0, 0.05) is 43.0 Å². The maximum atomic E-state index is 12.7. The van der Waals surface area contributed by atoms with Crippen molar-refractivity contribution in [3.8, 4) is 0 Å². The number of benzene rings is 1. The average molecular weight is 566 g/mol. The molecule has 1 unspecified atom stereocenters. The first-order valence-electron chi connectivity index (χ1n) is 10.2. The highest BCUT2D eigenvalue weighted by atomic mass is 79.9. The summed E-state index contributed by atoms with van der Waals surface area (Å²) in [7, 11) is -4.24. The van der Waals surface area contributed by atoms with Gasteiger partial charge in [0.2, 0.25) is 21.7 Å². The zero-order chi connectivity index (χ0) is 24.7. The summed E-state index contributed by atoms with van der Waals surface area (Å²) in [4.78, 5) is 24.6. The van der Waals surface area contributed by atoms with E-state index in [-0.39, 0.29) is 10.9 Å². The van der Waals surface area contributed by atoms with E-state index < -0.39 is 20.3 Å². The molecule has 0 aliphatic carbocycles. The minimum Gasteiger partial charge on any atom is -0.367 e. The van der Waals surface area contributed by atoms with Crippen LogP contribution in [0.15, 0.2) is 63.2 Å². The molecule has 0 bridgehead atoms. The van der Waals surface area contributed by atoms with E-state index in [2.05, 4.69) is 46.8 Å². The standard InChI is InChI=1S/C22H25BrN6O3S2/c1-15-4-9-20(26-12-15)34(31,32)14-33(3)18-7-5-17(6-8-18)28-22-27-13-19(23)21(29-22)25-11-10-24-16(2)30/h4-9,12-14H,10-11H2,1-3H3,(H,24,30)(H2,25,27,28,29). The number of carbonyl (C=O) groups is 1. The van der Waals surface area contributed by atoms with Crippen LogP contribution in [0, 0.1) is 6.92 Å². The summed E-state index contributed by atoms with van der Waals surface area (Å²) in [5.41, 5.74) is 1.66. The fourth-order valence-electron chi connectivity index (χ4n) is 2.77. The molecule has 2 heterocycles. The molecular weight excluding hydrogens is 540 g/mol. The number of nitrogens with one attached hydrogen (secondary N) is 3. The molecule has 1 aromatic carbocycles. The molecule has 0 aliphatic heterocycles. The molecule has 3 aromatic rings. The van der Waals surface area contributed by atoms with Crippen LogP contribution in [0.5, 0.6) is 0 Å². The van der Waals surface area contributed by atoms with E-state index in [0.29, 0.717) is 29.3 Å². The number of hydrogen-bond acceptors (Lipinski definition) is 8. The molecule has 0 radical (unpaired) electrons. The number of amides is 1. The lowest BCUT2D eigenvalue weighted by atomic mass is 10.3. The van der Waals surface area contributed by atoms with Gasteiger partial charge in [0.25, 0.3) is 0 Å². The number of carbonyl (C=O) groups excluding carboxylic acids is 1. The van der Waals surface area contributed by atoms with Crippen molar-refractivity contribution < 1.29 is 13.2 Å². The van der Waals surface area contributed by atoms with Crippen molar-refractivity contribution in [3.05, 3.63) is 58.8 Å². The predicted octanol–water partition coefficient (Wildman–Crippen LogP) is 3.73. The van der Waals surface area contributed by atoms with Crippen LogP contribution in [-0.4, -0.2) is 53.3 Å². The van der Waals surface area contributed by atoms with Crippen LogP contribution in [0.25, 0.3) is 0 Å². The zero-order valence-corrected chi connectivity index (χ0v) is 22.1. The first-order chi connectivity index (χ1) is 16.1. The third kappa shape index (κ3) is 7.34. The largest absolute Gasteiger partial charge is 0.367 e. The molecule has 0 saturated heterocycles. The molecule has 0 aliphatic rings. The summed E-state index contributed by atoms with van der Waals surface area (Å²) >= 11 is 3.41. The van der Waals surface area contributed by atoms with Crippen molar-refractivity contribution in [1.29, 1.82) is 0 Å². The number of aryl methyl sites for hydroxylation is 1. The number of pyridine rings is 1. The molecular formula is C22H25BrN6O3S2. The second kappa shape index (κ2) is 11.5. The molecule has 1 amide bonds. The van der Waals surface area contributed by atoms with E-state index in [9.17, 15) is 13.2 Å². The van der Waals surface area contributed by atoms with Gasteiger partial charge in [-0.3, -0.25) is 4.79 Å². The van der Waals surface area contributed by atoms with Crippen LogP contribution >= 0.6 is 26.4 Å². The molecule has 34 heavy (non-hydrogen) atoms. The second-order valence-electron chi connectivity index (χ2n) is 7.32. The SMILES string of the molecule is CC(=O)NCCNc1nc(Nc2ccc(S(C)=CS(=O)(=O)c3ccc(C)cn3)cc2)ncc1Br. The minimum atomic E-state index is -3.60.